The Morgan fingerprint density at radius 2 is 0.440 bits per heavy atom. The van der Waals surface area contributed by atoms with Crippen molar-refractivity contribution in [2.45, 2.75) is 469 Å². The van der Waals surface area contributed by atoms with Crippen molar-refractivity contribution in [2.24, 2.45) is 0 Å². The van der Waals surface area contributed by atoms with Crippen molar-refractivity contribution in [3.8, 4) is 0 Å². The predicted octanol–water partition coefficient (Wildman–Crippen LogP) is 27.3. The first kappa shape index (κ1) is 82.6. The second-order valence-corrected chi connectivity index (χ2v) is 27.2. The van der Waals surface area contributed by atoms with E-state index in [0.717, 1.165) is 32.1 Å². The number of hydrogen-bond donors (Lipinski definition) is 1. The zero-order valence-electron chi connectivity index (χ0n) is 57.7. The number of ether oxygens (including phenoxy) is 2. The molecular weight excluding hydrogens is 1030 g/mol. The van der Waals surface area contributed by atoms with Crippen molar-refractivity contribution in [1.82, 2.24) is 0 Å². The number of hydrogen-bond acceptors (Lipinski definition) is 5. The first-order valence-corrected chi connectivity index (χ1v) is 39.2. The Kier molecular flexibility index (Phi) is 74.7. The van der Waals surface area contributed by atoms with Crippen LogP contribution in [0.15, 0.2) is 12.2 Å². The van der Waals surface area contributed by atoms with Crippen molar-refractivity contribution in [3.63, 3.8) is 0 Å². The molecule has 0 saturated carbocycles. The van der Waals surface area contributed by atoms with Gasteiger partial charge in [-0.25, -0.2) is 0 Å². The first-order chi connectivity index (χ1) is 41.6. The van der Waals surface area contributed by atoms with Crippen LogP contribution < -0.4 is 0 Å². The predicted molar refractivity (Wildman–Crippen MR) is 372 cm³/mol. The third-order valence-electron chi connectivity index (χ3n) is 18.6. The van der Waals surface area contributed by atoms with Crippen LogP contribution in [0.5, 0.6) is 0 Å². The Labute approximate surface area is 528 Å². The average Bonchev–Trinajstić information content (AvgIpc) is 3.51. The minimum absolute atomic E-state index is 0.0559. The molecule has 0 aromatic rings. The highest BCUT2D eigenvalue weighted by atomic mass is 16.6. The second kappa shape index (κ2) is 75.9. The third-order valence-corrected chi connectivity index (χ3v) is 18.6. The van der Waals surface area contributed by atoms with Gasteiger partial charge < -0.3 is 14.6 Å². The van der Waals surface area contributed by atoms with Crippen LogP contribution in [0.3, 0.4) is 0 Å². The molecule has 0 aromatic carbocycles. The maximum Gasteiger partial charge on any atom is 0.306 e. The summed E-state index contributed by atoms with van der Waals surface area (Å²) in [5.74, 6) is -0.558. The number of carbonyl (C=O) groups is 2. The molecule has 0 spiro atoms. The number of rotatable bonds is 75. The minimum atomic E-state index is -0.767. The molecule has 500 valence electrons. The number of unbranched alkanes of at least 4 members (excludes halogenated alkanes) is 65. The van der Waals surface area contributed by atoms with Crippen molar-refractivity contribution in [3.05, 3.63) is 12.2 Å². The molecule has 5 nitrogen and oxygen atoms in total. The van der Waals surface area contributed by atoms with E-state index in [-0.39, 0.29) is 25.2 Å². The van der Waals surface area contributed by atoms with Crippen LogP contribution in [0.2, 0.25) is 0 Å². The van der Waals surface area contributed by atoms with Crippen LogP contribution in [-0.4, -0.2) is 36.4 Å². The van der Waals surface area contributed by atoms with E-state index >= 15 is 0 Å². The van der Waals surface area contributed by atoms with E-state index in [1.54, 1.807) is 0 Å². The summed E-state index contributed by atoms with van der Waals surface area (Å²) in [5.41, 5.74) is 0. The second-order valence-electron chi connectivity index (χ2n) is 27.2. The number of aliphatic hydroxyl groups excluding tert-OH is 1. The fraction of sp³-hybridized carbons (Fsp3) is 0.949. The van der Waals surface area contributed by atoms with E-state index < -0.39 is 6.10 Å². The van der Waals surface area contributed by atoms with Gasteiger partial charge in [0.1, 0.15) is 6.61 Å². The molecule has 5 heteroatoms. The summed E-state index contributed by atoms with van der Waals surface area (Å²) < 4.78 is 10.8. The van der Waals surface area contributed by atoms with Crippen LogP contribution in [-0.2, 0) is 19.1 Å². The molecule has 0 bridgehead atoms. The molecule has 0 heterocycles. The van der Waals surface area contributed by atoms with Crippen LogP contribution in [0.1, 0.15) is 463 Å². The van der Waals surface area contributed by atoms with Gasteiger partial charge in [0, 0.05) is 12.8 Å². The lowest BCUT2D eigenvalue weighted by Gasteiger charge is -2.15. The van der Waals surface area contributed by atoms with Crippen molar-refractivity contribution in [2.75, 3.05) is 13.2 Å². The van der Waals surface area contributed by atoms with Gasteiger partial charge in [-0.15, -0.1) is 0 Å². The van der Waals surface area contributed by atoms with Gasteiger partial charge in [0.2, 0.25) is 0 Å². The summed E-state index contributed by atoms with van der Waals surface area (Å²) in [6, 6.07) is 0. The highest BCUT2D eigenvalue weighted by Gasteiger charge is 2.16. The summed E-state index contributed by atoms with van der Waals surface area (Å²) in [5, 5.41) is 9.72. The van der Waals surface area contributed by atoms with E-state index in [0.29, 0.717) is 12.8 Å². The third kappa shape index (κ3) is 73.1. The fourth-order valence-electron chi connectivity index (χ4n) is 12.7. The highest BCUT2D eigenvalue weighted by molar-refractivity contribution is 5.70. The summed E-state index contributed by atoms with van der Waals surface area (Å²) in [6.07, 6.45) is 98.8. The number of allylic oxidation sites excluding steroid dienone is 2. The van der Waals surface area contributed by atoms with E-state index in [9.17, 15) is 14.7 Å². The number of esters is 2. The van der Waals surface area contributed by atoms with E-state index in [4.69, 9.17) is 9.47 Å². The standard InChI is InChI=1S/C79H154O5/c1-3-5-7-9-11-13-15-17-19-21-23-25-27-29-31-33-34-35-36-37-38-39-40-41-42-43-44-46-48-50-52-54-56-58-60-62-64-66-68-70-72-74-79(82)84-77(75-80)76-83-78(81)73-71-69-67-65-63-61-59-57-55-53-51-49-47-45-32-30-28-26-24-22-20-18-16-14-12-10-8-6-4-2/h21,23,77,80H,3-20,22,24-76H2,1-2H3/b23-21-. The van der Waals surface area contributed by atoms with Gasteiger partial charge in [-0.1, -0.05) is 424 Å². The monoisotopic (exact) mass is 1180 g/mol. The summed E-state index contributed by atoms with van der Waals surface area (Å²) in [4.78, 5) is 24.7. The molecule has 0 aliphatic rings. The molecule has 0 aromatic heterocycles. The van der Waals surface area contributed by atoms with Gasteiger partial charge in [0.05, 0.1) is 6.61 Å². The fourth-order valence-corrected chi connectivity index (χ4v) is 12.7. The number of carbonyl (C=O) groups excluding carboxylic acids is 2. The molecule has 0 fully saturated rings. The smallest absolute Gasteiger partial charge is 0.306 e. The lowest BCUT2D eigenvalue weighted by molar-refractivity contribution is -0.161. The average molecular weight is 1180 g/mol. The van der Waals surface area contributed by atoms with Crippen molar-refractivity contribution in [1.29, 1.82) is 0 Å². The minimum Gasteiger partial charge on any atom is -0.462 e. The van der Waals surface area contributed by atoms with E-state index in [1.807, 2.05) is 0 Å². The number of aliphatic hydroxyl groups is 1. The van der Waals surface area contributed by atoms with Gasteiger partial charge in [-0.05, 0) is 38.5 Å². The van der Waals surface area contributed by atoms with E-state index in [2.05, 4.69) is 26.0 Å². The molecule has 0 radical (unpaired) electrons. The highest BCUT2D eigenvalue weighted by Crippen LogP contribution is 2.20. The molecule has 0 aliphatic carbocycles. The lowest BCUT2D eigenvalue weighted by Crippen LogP contribution is -2.28. The van der Waals surface area contributed by atoms with Crippen molar-refractivity contribution < 1.29 is 24.2 Å². The van der Waals surface area contributed by atoms with Crippen LogP contribution in [0.4, 0.5) is 0 Å². The molecular formula is C79H154O5. The van der Waals surface area contributed by atoms with Gasteiger partial charge >= 0.3 is 11.9 Å². The largest absolute Gasteiger partial charge is 0.462 e. The zero-order valence-corrected chi connectivity index (χ0v) is 57.7. The Bertz CT molecular complexity index is 1250. The molecule has 1 N–H and O–H groups in total. The van der Waals surface area contributed by atoms with Crippen LogP contribution in [0.25, 0.3) is 0 Å². The van der Waals surface area contributed by atoms with Gasteiger partial charge in [-0.2, -0.15) is 0 Å². The van der Waals surface area contributed by atoms with Crippen LogP contribution >= 0.6 is 0 Å². The molecule has 0 saturated heterocycles. The topological polar surface area (TPSA) is 72.8 Å². The Morgan fingerprint density at radius 1 is 0.262 bits per heavy atom. The maximum atomic E-state index is 12.4. The molecule has 1 unspecified atom stereocenters. The van der Waals surface area contributed by atoms with Gasteiger partial charge in [0.15, 0.2) is 6.10 Å². The van der Waals surface area contributed by atoms with Gasteiger partial charge in [-0.3, -0.25) is 9.59 Å². The summed E-state index contributed by atoms with van der Waals surface area (Å²) >= 11 is 0. The van der Waals surface area contributed by atoms with Crippen molar-refractivity contribution >= 4 is 11.9 Å². The molecule has 0 amide bonds. The first-order valence-electron chi connectivity index (χ1n) is 39.2. The van der Waals surface area contributed by atoms with Gasteiger partial charge in [0.25, 0.3) is 0 Å². The summed E-state index contributed by atoms with van der Waals surface area (Å²) in [6.45, 7) is 4.22. The molecule has 84 heavy (non-hydrogen) atoms. The zero-order chi connectivity index (χ0) is 60.5. The SMILES string of the molecule is CCCCCCCCCC/C=C\CCCCCCCCCCCCCCCCCCCCCCCCCCCCCCCC(=O)OC(CO)COC(=O)CCCCCCCCCCCCCCCCCCCCCCCCCCCCCCC. The normalized spacial score (nSPS) is 12.1. The molecule has 1 atom stereocenters. The Balaban J connectivity index is 3.33. The quantitative estimate of drug-likeness (QED) is 0.0373. The molecule has 0 aliphatic heterocycles. The Morgan fingerprint density at radius 3 is 0.643 bits per heavy atom. The maximum absolute atomic E-state index is 12.4. The summed E-state index contributed by atoms with van der Waals surface area (Å²) in [7, 11) is 0. The lowest BCUT2D eigenvalue weighted by atomic mass is 10.0. The van der Waals surface area contributed by atoms with Crippen LogP contribution in [0, 0.1) is 0 Å². The van der Waals surface area contributed by atoms with E-state index in [1.165, 1.54) is 405 Å². The molecule has 0 rings (SSSR count). The Hall–Kier alpha value is -1.36.